The van der Waals surface area contributed by atoms with Crippen LogP contribution in [0.1, 0.15) is 11.6 Å². The molecule has 0 amide bonds. The molecule has 0 fully saturated rings. The fourth-order valence-electron chi connectivity index (χ4n) is 3.14. The fraction of sp³-hybridized carbons (Fsp3) is 0.158. The number of fused-ring (bicyclic) bond motifs is 2. The van der Waals surface area contributed by atoms with Gasteiger partial charge >= 0.3 is 0 Å². The molecule has 0 aliphatic heterocycles. The van der Waals surface area contributed by atoms with Crippen molar-refractivity contribution in [1.29, 1.82) is 0 Å². The van der Waals surface area contributed by atoms with Gasteiger partial charge in [0, 0.05) is 35.0 Å². The quantitative estimate of drug-likeness (QED) is 0.479. The number of nitrogens with one attached hydrogen (secondary N) is 1. The molecular formula is C19H16N6S2. The molecule has 5 rings (SSSR count). The molecule has 0 bridgehead atoms. The standard InChI is InChI=1S/C19H16N6S2/c1-12-21-18(17-13(11-27-19(17)22-12)14-5-4-10-26-14)20-8-7-16-24-23-15-6-2-3-9-25(15)16/h2-6,9-11H,7-8H2,1H3,(H,20,21,22). The predicted molar refractivity (Wildman–Crippen MR) is 111 cm³/mol. The van der Waals surface area contributed by atoms with Crippen molar-refractivity contribution < 1.29 is 0 Å². The monoisotopic (exact) mass is 392 g/mol. The van der Waals surface area contributed by atoms with Gasteiger partial charge in [0.25, 0.3) is 0 Å². The maximum absolute atomic E-state index is 4.67. The van der Waals surface area contributed by atoms with Gasteiger partial charge in [-0.3, -0.25) is 4.40 Å². The Bertz CT molecular complexity index is 1220. The summed E-state index contributed by atoms with van der Waals surface area (Å²) in [5.74, 6) is 2.59. The van der Waals surface area contributed by atoms with Crippen LogP contribution in [0.2, 0.25) is 0 Å². The van der Waals surface area contributed by atoms with Gasteiger partial charge in [-0.2, -0.15) is 0 Å². The SMILES string of the molecule is Cc1nc(NCCc2nnc3ccccn23)c2c(-c3cccs3)csc2n1. The highest BCUT2D eigenvalue weighted by molar-refractivity contribution is 7.18. The van der Waals surface area contributed by atoms with Crippen LogP contribution in [0.15, 0.2) is 47.3 Å². The summed E-state index contributed by atoms with van der Waals surface area (Å²) in [7, 11) is 0. The zero-order valence-electron chi connectivity index (χ0n) is 14.6. The molecule has 0 spiro atoms. The molecule has 0 saturated carbocycles. The summed E-state index contributed by atoms with van der Waals surface area (Å²) in [5, 5.41) is 17.4. The molecule has 0 saturated heterocycles. The molecule has 0 radical (unpaired) electrons. The lowest BCUT2D eigenvalue weighted by atomic mass is 10.2. The van der Waals surface area contributed by atoms with Crippen LogP contribution in [0.25, 0.3) is 26.3 Å². The highest BCUT2D eigenvalue weighted by atomic mass is 32.1. The second kappa shape index (κ2) is 6.71. The summed E-state index contributed by atoms with van der Waals surface area (Å²) >= 11 is 3.40. The van der Waals surface area contributed by atoms with Gasteiger partial charge in [-0.05, 0) is 30.5 Å². The van der Waals surface area contributed by atoms with Gasteiger partial charge in [0.1, 0.15) is 22.3 Å². The zero-order valence-corrected chi connectivity index (χ0v) is 16.2. The molecule has 6 nitrogen and oxygen atoms in total. The Balaban J connectivity index is 1.45. The number of anilines is 1. The number of thiophene rings is 2. The number of nitrogens with zero attached hydrogens (tertiary/aromatic N) is 5. The highest BCUT2D eigenvalue weighted by Crippen LogP contribution is 2.38. The van der Waals surface area contributed by atoms with E-state index in [1.165, 1.54) is 10.4 Å². The Morgan fingerprint density at radius 2 is 2.04 bits per heavy atom. The van der Waals surface area contributed by atoms with E-state index in [0.717, 1.165) is 46.3 Å². The lowest BCUT2D eigenvalue weighted by Gasteiger charge is -2.08. The van der Waals surface area contributed by atoms with E-state index in [9.17, 15) is 0 Å². The Morgan fingerprint density at radius 1 is 1.07 bits per heavy atom. The van der Waals surface area contributed by atoms with Crippen LogP contribution < -0.4 is 5.32 Å². The van der Waals surface area contributed by atoms with Crippen molar-refractivity contribution in [2.75, 3.05) is 11.9 Å². The Hall–Kier alpha value is -2.84. The van der Waals surface area contributed by atoms with E-state index in [2.05, 4.69) is 48.4 Å². The van der Waals surface area contributed by atoms with Gasteiger partial charge in [0.05, 0.1) is 5.39 Å². The second-order valence-electron chi connectivity index (χ2n) is 6.15. The van der Waals surface area contributed by atoms with Crippen molar-refractivity contribution in [2.45, 2.75) is 13.3 Å². The van der Waals surface area contributed by atoms with Crippen molar-refractivity contribution in [1.82, 2.24) is 24.6 Å². The van der Waals surface area contributed by atoms with E-state index in [0.29, 0.717) is 0 Å². The van der Waals surface area contributed by atoms with E-state index < -0.39 is 0 Å². The van der Waals surface area contributed by atoms with Gasteiger partial charge in [-0.25, -0.2) is 9.97 Å². The van der Waals surface area contributed by atoms with Crippen molar-refractivity contribution in [2.24, 2.45) is 0 Å². The van der Waals surface area contributed by atoms with Gasteiger partial charge in [-0.1, -0.05) is 12.1 Å². The topological polar surface area (TPSA) is 68.0 Å². The Labute approximate surface area is 163 Å². The molecule has 0 unspecified atom stereocenters. The minimum absolute atomic E-state index is 0.723. The van der Waals surface area contributed by atoms with E-state index in [-0.39, 0.29) is 0 Å². The summed E-state index contributed by atoms with van der Waals surface area (Å²) < 4.78 is 2.02. The number of hydrogen-bond donors (Lipinski definition) is 1. The number of hydrogen-bond acceptors (Lipinski definition) is 7. The van der Waals surface area contributed by atoms with E-state index >= 15 is 0 Å². The molecule has 5 aromatic rings. The van der Waals surface area contributed by atoms with E-state index in [1.807, 2.05) is 35.7 Å². The number of pyridine rings is 1. The van der Waals surface area contributed by atoms with Crippen LogP contribution in [0.3, 0.4) is 0 Å². The number of rotatable bonds is 5. The fourth-order valence-corrected chi connectivity index (χ4v) is 4.95. The first-order valence-electron chi connectivity index (χ1n) is 8.62. The largest absolute Gasteiger partial charge is 0.369 e. The van der Waals surface area contributed by atoms with Crippen molar-refractivity contribution in [3.05, 3.63) is 58.9 Å². The maximum atomic E-state index is 4.67. The Kier molecular flexibility index (Phi) is 4.06. The molecule has 0 aromatic carbocycles. The first-order chi connectivity index (χ1) is 13.3. The third kappa shape index (κ3) is 2.96. The molecule has 0 aliphatic rings. The molecule has 0 aliphatic carbocycles. The molecule has 1 N–H and O–H groups in total. The molecule has 8 heteroatoms. The number of aromatic nitrogens is 5. The van der Waals surface area contributed by atoms with Crippen LogP contribution >= 0.6 is 22.7 Å². The Morgan fingerprint density at radius 3 is 2.93 bits per heavy atom. The molecule has 134 valence electrons. The van der Waals surface area contributed by atoms with Gasteiger partial charge in [0.2, 0.25) is 0 Å². The molecule has 0 atom stereocenters. The minimum Gasteiger partial charge on any atom is -0.369 e. The first kappa shape index (κ1) is 16.3. The smallest absolute Gasteiger partial charge is 0.160 e. The summed E-state index contributed by atoms with van der Waals surface area (Å²) in [4.78, 5) is 11.5. The van der Waals surface area contributed by atoms with Crippen molar-refractivity contribution >= 4 is 44.4 Å². The van der Waals surface area contributed by atoms with Crippen LogP contribution in [0.5, 0.6) is 0 Å². The predicted octanol–water partition coefficient (Wildman–Crippen LogP) is 4.43. The van der Waals surface area contributed by atoms with Crippen molar-refractivity contribution in [3.63, 3.8) is 0 Å². The number of aryl methyl sites for hydroxylation is 1. The average molecular weight is 393 g/mol. The lowest BCUT2D eigenvalue weighted by Crippen LogP contribution is -2.10. The zero-order chi connectivity index (χ0) is 18.2. The molecule has 5 aromatic heterocycles. The van der Waals surface area contributed by atoms with E-state index in [1.54, 1.807) is 22.7 Å². The summed E-state index contributed by atoms with van der Waals surface area (Å²) in [6, 6.07) is 10.1. The summed E-state index contributed by atoms with van der Waals surface area (Å²) in [6.07, 6.45) is 2.75. The molecular weight excluding hydrogens is 376 g/mol. The first-order valence-corrected chi connectivity index (χ1v) is 10.4. The van der Waals surface area contributed by atoms with Crippen LogP contribution in [-0.2, 0) is 6.42 Å². The van der Waals surface area contributed by atoms with Gasteiger partial charge in [-0.15, -0.1) is 32.9 Å². The van der Waals surface area contributed by atoms with Crippen LogP contribution in [-0.4, -0.2) is 31.1 Å². The van der Waals surface area contributed by atoms with Gasteiger partial charge < -0.3 is 5.32 Å². The van der Waals surface area contributed by atoms with Crippen molar-refractivity contribution in [3.8, 4) is 10.4 Å². The minimum atomic E-state index is 0.723. The highest BCUT2D eigenvalue weighted by Gasteiger charge is 2.15. The third-order valence-electron chi connectivity index (χ3n) is 4.36. The van der Waals surface area contributed by atoms with Gasteiger partial charge in [0.15, 0.2) is 5.65 Å². The maximum Gasteiger partial charge on any atom is 0.160 e. The molecule has 27 heavy (non-hydrogen) atoms. The third-order valence-corrected chi connectivity index (χ3v) is 6.13. The second-order valence-corrected chi connectivity index (χ2v) is 7.95. The molecule has 5 heterocycles. The van der Waals surface area contributed by atoms with E-state index in [4.69, 9.17) is 0 Å². The normalized spacial score (nSPS) is 11.4. The summed E-state index contributed by atoms with van der Waals surface area (Å²) in [5.41, 5.74) is 2.06. The van der Waals surface area contributed by atoms with Crippen LogP contribution in [0.4, 0.5) is 5.82 Å². The average Bonchev–Trinajstić information content (AvgIpc) is 3.41. The van der Waals surface area contributed by atoms with Crippen LogP contribution in [0, 0.1) is 6.92 Å². The lowest BCUT2D eigenvalue weighted by molar-refractivity contribution is 0.867. The summed E-state index contributed by atoms with van der Waals surface area (Å²) in [6.45, 7) is 2.65.